The molecule has 0 aromatic heterocycles. The van der Waals surface area contributed by atoms with Crippen molar-refractivity contribution in [3.8, 4) is 5.75 Å². The van der Waals surface area contributed by atoms with Gasteiger partial charge in [0.05, 0.1) is 11.5 Å². The molecule has 1 aromatic carbocycles. The molecule has 6 heteroatoms. The number of rotatable bonds is 6. The normalized spacial score (nSPS) is 14.7. The number of hydrogen-bond acceptors (Lipinski definition) is 4. The van der Waals surface area contributed by atoms with E-state index in [1.807, 2.05) is 0 Å². The zero-order chi connectivity index (χ0) is 13.8. The smallest absolute Gasteiger partial charge is 0.342 e. The molecule has 1 aliphatic rings. The van der Waals surface area contributed by atoms with Crippen LogP contribution in [0, 0.1) is 16.0 Å². The van der Waals surface area contributed by atoms with Gasteiger partial charge in [-0.05, 0) is 18.4 Å². The Morgan fingerprint density at radius 1 is 1.47 bits per heavy atom. The van der Waals surface area contributed by atoms with Crippen LogP contribution < -0.4 is 4.74 Å². The highest BCUT2D eigenvalue weighted by Gasteiger charge is 2.21. The number of carboxylic acids is 1. The van der Waals surface area contributed by atoms with Crippen LogP contribution in [0.2, 0.25) is 0 Å². The van der Waals surface area contributed by atoms with E-state index >= 15 is 0 Å². The molecule has 0 bridgehead atoms. The first-order chi connectivity index (χ1) is 9.08. The van der Waals surface area contributed by atoms with E-state index in [1.165, 1.54) is 37.5 Å². The van der Waals surface area contributed by atoms with Gasteiger partial charge in [0.25, 0.3) is 5.69 Å². The van der Waals surface area contributed by atoms with Crippen LogP contribution in [0.3, 0.4) is 0 Å². The van der Waals surface area contributed by atoms with Crippen molar-refractivity contribution in [3.63, 3.8) is 0 Å². The molecule has 1 aliphatic carbocycles. The van der Waals surface area contributed by atoms with Gasteiger partial charge in [-0.15, -0.1) is 0 Å². The van der Waals surface area contributed by atoms with Gasteiger partial charge in [-0.1, -0.05) is 19.3 Å². The van der Waals surface area contributed by atoms with Crippen molar-refractivity contribution in [1.29, 1.82) is 0 Å². The summed E-state index contributed by atoms with van der Waals surface area (Å²) in [5.74, 6) is -0.254. The van der Waals surface area contributed by atoms with Crippen LogP contribution >= 0.6 is 0 Å². The van der Waals surface area contributed by atoms with Crippen molar-refractivity contribution < 1.29 is 19.6 Å². The van der Waals surface area contributed by atoms with Gasteiger partial charge in [0.2, 0.25) is 0 Å². The number of hydrogen-bond donors (Lipinski definition) is 1. The molecule has 1 fully saturated rings. The highest BCUT2D eigenvalue weighted by molar-refractivity contribution is 5.92. The minimum atomic E-state index is -1.32. The maximum absolute atomic E-state index is 11.0. The minimum Gasteiger partial charge on any atom is -0.494 e. The van der Waals surface area contributed by atoms with Gasteiger partial charge in [-0.25, -0.2) is 4.79 Å². The molecule has 0 aliphatic heterocycles. The van der Waals surface area contributed by atoms with Crippen molar-refractivity contribution in [1.82, 2.24) is 0 Å². The van der Waals surface area contributed by atoms with Crippen molar-refractivity contribution in [2.75, 3.05) is 6.61 Å². The van der Waals surface area contributed by atoms with Crippen LogP contribution in [0.5, 0.6) is 5.75 Å². The first-order valence-corrected chi connectivity index (χ1v) is 6.22. The second kappa shape index (κ2) is 5.69. The number of carbonyl (C=O) groups is 1. The van der Waals surface area contributed by atoms with Crippen molar-refractivity contribution in [3.05, 3.63) is 33.9 Å². The Balaban J connectivity index is 2.02. The van der Waals surface area contributed by atoms with Crippen LogP contribution in [0.15, 0.2) is 18.2 Å². The lowest BCUT2D eigenvalue weighted by molar-refractivity contribution is -0.385. The summed E-state index contributed by atoms with van der Waals surface area (Å²) in [5, 5.41) is 19.6. The predicted molar refractivity (Wildman–Crippen MR) is 67.5 cm³/mol. The number of nitrogens with zero attached hydrogens (tertiary/aromatic N) is 1. The number of ether oxygens (including phenoxy) is 1. The Morgan fingerprint density at radius 2 is 2.21 bits per heavy atom. The Labute approximate surface area is 110 Å². The lowest BCUT2D eigenvalue weighted by atomic mass is 9.83. The number of carboxylic acid groups (broad SMARTS) is 1. The van der Waals surface area contributed by atoms with E-state index in [0.717, 1.165) is 6.42 Å². The van der Waals surface area contributed by atoms with Gasteiger partial charge in [0.15, 0.2) is 0 Å². The zero-order valence-electron chi connectivity index (χ0n) is 10.4. The number of nitro groups is 1. The first kappa shape index (κ1) is 13.3. The lowest BCUT2D eigenvalue weighted by Gasteiger charge is -2.24. The van der Waals surface area contributed by atoms with Crippen molar-refractivity contribution in [2.45, 2.75) is 25.7 Å². The predicted octanol–water partition coefficient (Wildman–Crippen LogP) is 2.86. The van der Waals surface area contributed by atoms with E-state index in [4.69, 9.17) is 9.84 Å². The van der Waals surface area contributed by atoms with Gasteiger partial charge in [-0.2, -0.15) is 0 Å². The van der Waals surface area contributed by atoms with Crippen LogP contribution in [0.4, 0.5) is 5.69 Å². The molecule has 0 amide bonds. The molecule has 0 saturated heterocycles. The topological polar surface area (TPSA) is 89.7 Å². The van der Waals surface area contributed by atoms with Gasteiger partial charge in [0, 0.05) is 12.1 Å². The fraction of sp³-hybridized carbons (Fsp3) is 0.462. The molecule has 0 atom stereocenters. The Kier molecular flexibility index (Phi) is 3.99. The molecule has 1 aromatic rings. The fourth-order valence-electron chi connectivity index (χ4n) is 2.06. The van der Waals surface area contributed by atoms with Crippen molar-refractivity contribution >= 4 is 11.7 Å². The van der Waals surface area contributed by atoms with E-state index in [9.17, 15) is 14.9 Å². The Hall–Kier alpha value is -2.11. The average Bonchev–Trinajstić information content (AvgIpc) is 2.31. The third kappa shape index (κ3) is 3.21. The molecule has 1 saturated carbocycles. The third-order valence-electron chi connectivity index (χ3n) is 3.41. The molecule has 0 spiro atoms. The maximum Gasteiger partial charge on any atom is 0.342 e. The number of aromatic carboxylic acids is 1. The summed E-state index contributed by atoms with van der Waals surface area (Å²) in [6.45, 7) is 0.515. The fourth-order valence-corrected chi connectivity index (χ4v) is 2.06. The quantitative estimate of drug-likeness (QED) is 0.631. The monoisotopic (exact) mass is 265 g/mol. The standard InChI is InChI=1S/C13H15NO5/c15-13(16)11-8-10(4-5-12(11)14(17)18)19-7-6-9-2-1-3-9/h4-5,8-9H,1-3,6-7H2,(H,15,16). The average molecular weight is 265 g/mol. The van der Waals surface area contributed by atoms with Crippen LogP contribution in [0.25, 0.3) is 0 Å². The zero-order valence-corrected chi connectivity index (χ0v) is 10.4. The van der Waals surface area contributed by atoms with E-state index < -0.39 is 16.6 Å². The van der Waals surface area contributed by atoms with E-state index in [-0.39, 0.29) is 5.56 Å². The maximum atomic E-state index is 11.0. The molecule has 0 unspecified atom stereocenters. The molecule has 0 heterocycles. The van der Waals surface area contributed by atoms with Crippen LogP contribution in [-0.2, 0) is 0 Å². The Bertz CT molecular complexity index is 496. The SMILES string of the molecule is O=C(O)c1cc(OCCC2CCC2)ccc1[N+](=O)[O-]. The summed E-state index contributed by atoms with van der Waals surface area (Å²) in [4.78, 5) is 20.9. The first-order valence-electron chi connectivity index (χ1n) is 6.22. The summed E-state index contributed by atoms with van der Waals surface area (Å²) in [5.41, 5.74) is -0.759. The molecule has 19 heavy (non-hydrogen) atoms. The second-order valence-corrected chi connectivity index (χ2v) is 4.68. The van der Waals surface area contributed by atoms with E-state index in [2.05, 4.69) is 0 Å². The van der Waals surface area contributed by atoms with Crippen LogP contribution in [-0.4, -0.2) is 22.6 Å². The summed E-state index contributed by atoms with van der Waals surface area (Å²) in [7, 11) is 0. The van der Waals surface area contributed by atoms with E-state index in [0.29, 0.717) is 18.3 Å². The summed E-state index contributed by atoms with van der Waals surface area (Å²) < 4.78 is 5.45. The molecular formula is C13H15NO5. The second-order valence-electron chi connectivity index (χ2n) is 4.68. The summed E-state index contributed by atoms with van der Waals surface area (Å²) >= 11 is 0. The highest BCUT2D eigenvalue weighted by atomic mass is 16.6. The summed E-state index contributed by atoms with van der Waals surface area (Å²) in [6, 6.07) is 3.81. The molecule has 6 nitrogen and oxygen atoms in total. The molecule has 0 radical (unpaired) electrons. The minimum absolute atomic E-state index is 0.342. The Morgan fingerprint density at radius 3 is 2.74 bits per heavy atom. The lowest BCUT2D eigenvalue weighted by Crippen LogP contribution is -2.14. The molecule has 1 N–H and O–H groups in total. The largest absolute Gasteiger partial charge is 0.494 e. The van der Waals surface area contributed by atoms with Gasteiger partial charge >= 0.3 is 5.97 Å². The number of benzene rings is 1. The molecule has 102 valence electrons. The number of nitro benzene ring substituents is 1. The van der Waals surface area contributed by atoms with Crippen molar-refractivity contribution in [2.24, 2.45) is 5.92 Å². The van der Waals surface area contributed by atoms with Gasteiger partial charge in [0.1, 0.15) is 11.3 Å². The third-order valence-corrected chi connectivity index (χ3v) is 3.41. The molecule has 2 rings (SSSR count). The highest BCUT2D eigenvalue weighted by Crippen LogP contribution is 2.30. The van der Waals surface area contributed by atoms with Gasteiger partial charge in [-0.3, -0.25) is 10.1 Å². The van der Waals surface area contributed by atoms with Gasteiger partial charge < -0.3 is 9.84 Å². The van der Waals surface area contributed by atoms with E-state index in [1.54, 1.807) is 0 Å². The summed E-state index contributed by atoms with van der Waals surface area (Å²) in [6.07, 6.45) is 4.67. The molecular weight excluding hydrogens is 250 g/mol. The van der Waals surface area contributed by atoms with Crippen LogP contribution in [0.1, 0.15) is 36.0 Å².